The van der Waals surface area contributed by atoms with E-state index in [1.807, 2.05) is 13.4 Å². The number of aromatic nitrogens is 2. The van der Waals surface area contributed by atoms with Gasteiger partial charge in [0.05, 0.1) is 17.4 Å². The van der Waals surface area contributed by atoms with Crippen molar-refractivity contribution in [2.45, 2.75) is 12.8 Å². The number of anilines is 1. The SMILES string of the molecule is CN(CC1CCCNC1)c1ccc2c(c1)ncn2C. The van der Waals surface area contributed by atoms with Crippen LogP contribution in [0.2, 0.25) is 0 Å². The number of rotatable bonds is 3. The van der Waals surface area contributed by atoms with Gasteiger partial charge in [-0.05, 0) is 50.0 Å². The van der Waals surface area contributed by atoms with E-state index in [4.69, 9.17) is 0 Å². The summed E-state index contributed by atoms with van der Waals surface area (Å²) in [6.07, 6.45) is 4.51. The molecule has 2 aromatic rings. The van der Waals surface area contributed by atoms with E-state index in [1.54, 1.807) is 0 Å². The smallest absolute Gasteiger partial charge is 0.0955 e. The summed E-state index contributed by atoms with van der Waals surface area (Å²) in [6.45, 7) is 3.45. The summed E-state index contributed by atoms with van der Waals surface area (Å²) in [5.74, 6) is 0.762. The highest BCUT2D eigenvalue weighted by Crippen LogP contribution is 2.22. The predicted molar refractivity (Wildman–Crippen MR) is 79.6 cm³/mol. The topological polar surface area (TPSA) is 33.1 Å². The average Bonchev–Trinajstić information content (AvgIpc) is 2.81. The minimum absolute atomic E-state index is 0.762. The lowest BCUT2D eigenvalue weighted by molar-refractivity contribution is 0.381. The Morgan fingerprint density at radius 1 is 1.47 bits per heavy atom. The summed E-state index contributed by atoms with van der Waals surface area (Å²) in [4.78, 5) is 6.79. The Morgan fingerprint density at radius 2 is 2.37 bits per heavy atom. The molecule has 2 heterocycles. The van der Waals surface area contributed by atoms with E-state index in [0.717, 1.165) is 24.5 Å². The molecule has 3 rings (SSSR count). The fraction of sp³-hybridized carbons (Fsp3) is 0.533. The van der Waals surface area contributed by atoms with Gasteiger partial charge in [-0.15, -0.1) is 0 Å². The summed E-state index contributed by atoms with van der Waals surface area (Å²) in [6, 6.07) is 6.54. The second-order valence-corrected chi connectivity index (χ2v) is 5.62. The minimum Gasteiger partial charge on any atom is -0.374 e. The number of imidazole rings is 1. The molecule has 0 spiro atoms. The highest BCUT2D eigenvalue weighted by Gasteiger charge is 2.15. The van der Waals surface area contributed by atoms with E-state index < -0.39 is 0 Å². The van der Waals surface area contributed by atoms with Crippen molar-refractivity contribution in [1.29, 1.82) is 0 Å². The summed E-state index contributed by atoms with van der Waals surface area (Å²) >= 11 is 0. The maximum absolute atomic E-state index is 4.43. The second kappa shape index (κ2) is 5.21. The van der Waals surface area contributed by atoms with Gasteiger partial charge >= 0.3 is 0 Å². The Kier molecular flexibility index (Phi) is 3.42. The molecule has 0 radical (unpaired) electrons. The van der Waals surface area contributed by atoms with Gasteiger partial charge in [0.25, 0.3) is 0 Å². The molecule has 19 heavy (non-hydrogen) atoms. The van der Waals surface area contributed by atoms with E-state index in [1.165, 1.54) is 30.6 Å². The van der Waals surface area contributed by atoms with Crippen LogP contribution >= 0.6 is 0 Å². The molecule has 0 amide bonds. The lowest BCUT2D eigenvalue weighted by Crippen LogP contribution is -2.36. The van der Waals surface area contributed by atoms with Gasteiger partial charge in [0.1, 0.15) is 0 Å². The van der Waals surface area contributed by atoms with E-state index in [2.05, 4.69) is 45.0 Å². The van der Waals surface area contributed by atoms with Crippen molar-refractivity contribution in [1.82, 2.24) is 14.9 Å². The van der Waals surface area contributed by atoms with Crippen LogP contribution in [0.5, 0.6) is 0 Å². The molecule has 102 valence electrons. The van der Waals surface area contributed by atoms with Crippen LogP contribution in [0.15, 0.2) is 24.5 Å². The Bertz CT molecular complexity index is 554. The van der Waals surface area contributed by atoms with Gasteiger partial charge in [0.15, 0.2) is 0 Å². The largest absolute Gasteiger partial charge is 0.374 e. The van der Waals surface area contributed by atoms with Crippen LogP contribution in [0.25, 0.3) is 11.0 Å². The number of aryl methyl sites for hydroxylation is 1. The van der Waals surface area contributed by atoms with E-state index >= 15 is 0 Å². The first-order valence-corrected chi connectivity index (χ1v) is 7.07. The van der Waals surface area contributed by atoms with Crippen molar-refractivity contribution in [2.24, 2.45) is 13.0 Å². The van der Waals surface area contributed by atoms with Gasteiger partial charge in [-0.25, -0.2) is 4.98 Å². The Morgan fingerprint density at radius 3 is 3.16 bits per heavy atom. The molecule has 1 aliphatic heterocycles. The van der Waals surface area contributed by atoms with E-state index in [0.29, 0.717) is 0 Å². The minimum atomic E-state index is 0.762. The van der Waals surface area contributed by atoms with E-state index in [9.17, 15) is 0 Å². The number of fused-ring (bicyclic) bond motifs is 1. The molecule has 4 heteroatoms. The molecule has 1 aromatic carbocycles. The lowest BCUT2D eigenvalue weighted by Gasteiger charge is -2.28. The first-order valence-electron chi connectivity index (χ1n) is 7.07. The predicted octanol–water partition coefficient (Wildman–Crippen LogP) is 2.01. The third-order valence-corrected chi connectivity index (χ3v) is 4.08. The number of hydrogen-bond donors (Lipinski definition) is 1. The van der Waals surface area contributed by atoms with Crippen LogP contribution in [0, 0.1) is 5.92 Å². The molecule has 0 bridgehead atoms. The third-order valence-electron chi connectivity index (χ3n) is 4.08. The number of hydrogen-bond acceptors (Lipinski definition) is 3. The molecule has 1 aromatic heterocycles. The number of benzene rings is 1. The number of nitrogens with zero attached hydrogens (tertiary/aromatic N) is 3. The highest BCUT2D eigenvalue weighted by molar-refractivity contribution is 5.79. The molecule has 1 unspecified atom stereocenters. The summed E-state index contributed by atoms with van der Waals surface area (Å²) in [7, 11) is 4.21. The molecule has 1 fully saturated rings. The van der Waals surface area contributed by atoms with Crippen molar-refractivity contribution in [3.05, 3.63) is 24.5 Å². The van der Waals surface area contributed by atoms with Crippen LogP contribution in [0.4, 0.5) is 5.69 Å². The molecule has 1 N–H and O–H groups in total. The number of piperidine rings is 1. The summed E-state index contributed by atoms with van der Waals surface area (Å²) < 4.78 is 2.06. The maximum atomic E-state index is 4.43. The fourth-order valence-electron chi connectivity index (χ4n) is 2.93. The molecule has 4 nitrogen and oxygen atoms in total. The molecular weight excluding hydrogens is 236 g/mol. The van der Waals surface area contributed by atoms with Crippen molar-refractivity contribution in [2.75, 3.05) is 31.6 Å². The standard InChI is InChI=1S/C15H22N4/c1-18(10-12-4-3-7-16-9-12)13-5-6-15-14(8-13)17-11-19(15)2/h5-6,8,11-12,16H,3-4,7,9-10H2,1-2H3. The third kappa shape index (κ3) is 2.59. The Balaban J connectivity index is 1.75. The van der Waals surface area contributed by atoms with Gasteiger partial charge in [-0.1, -0.05) is 0 Å². The summed E-state index contributed by atoms with van der Waals surface area (Å²) in [5.41, 5.74) is 3.53. The molecule has 0 aliphatic carbocycles. The normalized spacial score (nSPS) is 19.8. The Hall–Kier alpha value is -1.55. The fourth-order valence-corrected chi connectivity index (χ4v) is 2.93. The van der Waals surface area contributed by atoms with Crippen molar-refractivity contribution in [3.8, 4) is 0 Å². The zero-order valence-electron chi connectivity index (χ0n) is 11.8. The van der Waals surface area contributed by atoms with Crippen LogP contribution in [0.3, 0.4) is 0 Å². The van der Waals surface area contributed by atoms with E-state index in [-0.39, 0.29) is 0 Å². The van der Waals surface area contributed by atoms with Gasteiger partial charge in [-0.2, -0.15) is 0 Å². The van der Waals surface area contributed by atoms with Gasteiger partial charge in [0.2, 0.25) is 0 Å². The highest BCUT2D eigenvalue weighted by atomic mass is 15.1. The van der Waals surface area contributed by atoms with Crippen LogP contribution < -0.4 is 10.2 Å². The van der Waals surface area contributed by atoms with Crippen molar-refractivity contribution < 1.29 is 0 Å². The Labute approximate surface area is 114 Å². The van der Waals surface area contributed by atoms with Crippen molar-refractivity contribution >= 4 is 16.7 Å². The summed E-state index contributed by atoms with van der Waals surface area (Å²) in [5, 5.41) is 3.48. The van der Waals surface area contributed by atoms with Crippen molar-refractivity contribution in [3.63, 3.8) is 0 Å². The number of nitrogens with one attached hydrogen (secondary N) is 1. The van der Waals surface area contributed by atoms with Gasteiger partial charge in [0, 0.05) is 26.3 Å². The first kappa shape index (κ1) is 12.5. The monoisotopic (exact) mass is 258 g/mol. The molecular formula is C15H22N4. The van der Waals surface area contributed by atoms with Crippen LogP contribution in [0.1, 0.15) is 12.8 Å². The molecule has 1 atom stereocenters. The molecule has 1 aliphatic rings. The van der Waals surface area contributed by atoms with Crippen LogP contribution in [-0.2, 0) is 7.05 Å². The average molecular weight is 258 g/mol. The molecule has 1 saturated heterocycles. The quantitative estimate of drug-likeness (QED) is 0.914. The van der Waals surface area contributed by atoms with Gasteiger partial charge in [-0.3, -0.25) is 0 Å². The second-order valence-electron chi connectivity index (χ2n) is 5.62. The lowest BCUT2D eigenvalue weighted by atomic mass is 9.99. The zero-order valence-corrected chi connectivity index (χ0v) is 11.8. The zero-order chi connectivity index (χ0) is 13.2. The van der Waals surface area contributed by atoms with Gasteiger partial charge < -0.3 is 14.8 Å². The maximum Gasteiger partial charge on any atom is 0.0955 e. The first-order chi connectivity index (χ1) is 9.24. The van der Waals surface area contributed by atoms with Crippen LogP contribution in [-0.4, -0.2) is 36.2 Å². The molecule has 0 saturated carbocycles.